The lowest BCUT2D eigenvalue weighted by Gasteiger charge is -1.99. The summed E-state index contributed by atoms with van der Waals surface area (Å²) < 4.78 is 1.98. The fourth-order valence-electron chi connectivity index (χ4n) is 1.85. The van der Waals surface area contributed by atoms with Crippen LogP contribution in [0.4, 0.5) is 0 Å². The molecule has 0 aliphatic rings. The van der Waals surface area contributed by atoms with Gasteiger partial charge in [0.05, 0.1) is 0 Å². The molecule has 1 aromatic carbocycles. The van der Waals surface area contributed by atoms with Gasteiger partial charge in [-0.2, -0.15) is 10.5 Å². The molecule has 0 aliphatic carbocycles. The van der Waals surface area contributed by atoms with Crippen molar-refractivity contribution in [3.8, 4) is 12.1 Å². The largest absolute Gasteiger partial charge is 0.200 e. The van der Waals surface area contributed by atoms with Crippen molar-refractivity contribution in [1.82, 2.24) is 0 Å². The molecule has 1 aromatic heterocycles. The number of rotatable bonds is 2. The van der Waals surface area contributed by atoms with Crippen molar-refractivity contribution >= 4 is 10.8 Å². The highest BCUT2D eigenvalue weighted by Crippen LogP contribution is 2.10. The minimum Gasteiger partial charge on any atom is -0.200 e. The molecule has 1 heterocycles. The molecule has 0 amide bonds. The Morgan fingerprint density at radius 1 is 1.11 bits per heavy atom. The van der Waals surface area contributed by atoms with Crippen molar-refractivity contribution in [1.29, 1.82) is 10.5 Å². The molecule has 2 rings (SSSR count). The van der Waals surface area contributed by atoms with Crippen LogP contribution in [0.1, 0.15) is 6.92 Å². The second-order valence-electron chi connectivity index (χ2n) is 4.13. The van der Waals surface area contributed by atoms with Crippen LogP contribution < -0.4 is 4.57 Å². The first-order valence-corrected chi connectivity index (χ1v) is 5.62. The number of allylic oxidation sites excluding steroid dienone is 2. The average molecular weight is 234 g/mol. The van der Waals surface area contributed by atoms with E-state index in [4.69, 9.17) is 10.5 Å². The van der Waals surface area contributed by atoms with Gasteiger partial charge in [-0.1, -0.05) is 18.2 Å². The molecule has 3 nitrogen and oxygen atoms in total. The monoisotopic (exact) mass is 234 g/mol. The molecule has 18 heavy (non-hydrogen) atoms. The lowest BCUT2D eigenvalue weighted by molar-refractivity contribution is -0.687. The number of aromatic nitrogens is 1. The third kappa shape index (κ3) is 2.36. The molecule has 0 saturated heterocycles. The smallest absolute Gasteiger partial charge is 0.176 e. The van der Waals surface area contributed by atoms with E-state index < -0.39 is 0 Å². The molecule has 0 saturated carbocycles. The molecule has 0 spiro atoms. The van der Waals surface area contributed by atoms with Crippen LogP contribution >= 0.6 is 0 Å². The Morgan fingerprint density at radius 2 is 1.78 bits per heavy atom. The Hall–Kier alpha value is -2.65. The summed E-state index contributed by atoms with van der Waals surface area (Å²) in [6, 6.07) is 13.9. The van der Waals surface area contributed by atoms with Gasteiger partial charge in [0.2, 0.25) is 0 Å². The van der Waals surface area contributed by atoms with E-state index in [1.165, 1.54) is 5.39 Å². The molecular formula is C15H12N3+. The van der Waals surface area contributed by atoms with Gasteiger partial charge in [-0.25, -0.2) is 4.57 Å². The van der Waals surface area contributed by atoms with Crippen LogP contribution in [0.15, 0.2) is 53.9 Å². The minimum absolute atomic E-state index is 0.190. The van der Waals surface area contributed by atoms with Crippen LogP contribution in [0.2, 0.25) is 0 Å². The third-order valence-electron chi connectivity index (χ3n) is 2.82. The van der Waals surface area contributed by atoms with E-state index >= 15 is 0 Å². The molecule has 86 valence electrons. The Morgan fingerprint density at radius 3 is 2.44 bits per heavy atom. The second kappa shape index (κ2) is 5.12. The third-order valence-corrected chi connectivity index (χ3v) is 2.82. The number of benzene rings is 1. The van der Waals surface area contributed by atoms with Crippen molar-refractivity contribution in [2.45, 2.75) is 13.5 Å². The summed E-state index contributed by atoms with van der Waals surface area (Å²) in [7, 11) is 0. The molecule has 0 atom stereocenters. The average Bonchev–Trinajstić information content (AvgIpc) is 2.40. The molecule has 0 radical (unpaired) electrons. The highest BCUT2D eigenvalue weighted by molar-refractivity contribution is 5.80. The topological polar surface area (TPSA) is 51.5 Å². The SMILES string of the molecule is CC(C[n+]1ccc2ccccc2c1)=C(C#N)C#N. The van der Waals surface area contributed by atoms with E-state index in [2.05, 4.69) is 6.07 Å². The van der Waals surface area contributed by atoms with Crippen molar-refractivity contribution < 1.29 is 4.57 Å². The first-order valence-electron chi connectivity index (χ1n) is 5.62. The Kier molecular flexibility index (Phi) is 3.36. The van der Waals surface area contributed by atoms with Gasteiger partial charge in [0.25, 0.3) is 0 Å². The number of nitriles is 2. The quantitative estimate of drug-likeness (QED) is 0.592. The number of hydrogen-bond donors (Lipinski definition) is 0. The van der Waals surface area contributed by atoms with Crippen LogP contribution in [-0.2, 0) is 6.54 Å². The van der Waals surface area contributed by atoms with Crippen LogP contribution in [0, 0.1) is 22.7 Å². The predicted molar refractivity (Wildman–Crippen MR) is 68.1 cm³/mol. The summed E-state index contributed by atoms with van der Waals surface area (Å²) in [4.78, 5) is 0. The van der Waals surface area contributed by atoms with E-state index in [1.54, 1.807) is 0 Å². The molecule has 2 aromatic rings. The van der Waals surface area contributed by atoms with Crippen LogP contribution in [-0.4, -0.2) is 0 Å². The molecule has 0 N–H and O–H groups in total. The first kappa shape index (κ1) is 11.8. The molecule has 3 heteroatoms. The molecule has 0 bridgehead atoms. The summed E-state index contributed by atoms with van der Waals surface area (Å²) >= 11 is 0. The van der Waals surface area contributed by atoms with Gasteiger partial charge >= 0.3 is 0 Å². The zero-order chi connectivity index (χ0) is 13.0. The summed E-state index contributed by atoms with van der Waals surface area (Å²) in [5.74, 6) is 0. The minimum atomic E-state index is 0.190. The van der Waals surface area contributed by atoms with Gasteiger partial charge in [0.15, 0.2) is 18.9 Å². The van der Waals surface area contributed by atoms with Gasteiger partial charge in [0, 0.05) is 17.0 Å². The van der Waals surface area contributed by atoms with Crippen molar-refractivity contribution in [2.24, 2.45) is 0 Å². The maximum Gasteiger partial charge on any atom is 0.176 e. The highest BCUT2D eigenvalue weighted by atomic mass is 14.9. The predicted octanol–water partition coefficient (Wildman–Crippen LogP) is 2.49. The van der Waals surface area contributed by atoms with Gasteiger partial charge in [-0.3, -0.25) is 0 Å². The highest BCUT2D eigenvalue weighted by Gasteiger charge is 2.08. The summed E-state index contributed by atoms with van der Waals surface area (Å²) in [6.45, 7) is 2.37. The van der Waals surface area contributed by atoms with Crippen LogP contribution in [0.5, 0.6) is 0 Å². The van der Waals surface area contributed by atoms with Gasteiger partial charge in [0.1, 0.15) is 17.7 Å². The fraction of sp³-hybridized carbons (Fsp3) is 0.133. The van der Waals surface area contributed by atoms with E-state index in [0.717, 1.165) is 11.0 Å². The second-order valence-corrected chi connectivity index (χ2v) is 4.13. The van der Waals surface area contributed by atoms with E-state index in [0.29, 0.717) is 6.54 Å². The lowest BCUT2D eigenvalue weighted by Crippen LogP contribution is -2.33. The summed E-state index contributed by atoms with van der Waals surface area (Å²) in [5, 5.41) is 19.9. The summed E-state index contributed by atoms with van der Waals surface area (Å²) in [6.07, 6.45) is 3.98. The van der Waals surface area contributed by atoms with Gasteiger partial charge < -0.3 is 0 Å². The van der Waals surface area contributed by atoms with Crippen molar-refractivity contribution in [3.63, 3.8) is 0 Å². The normalized spacial score (nSPS) is 9.50. The van der Waals surface area contributed by atoms with E-state index in [-0.39, 0.29) is 5.57 Å². The molecule has 0 unspecified atom stereocenters. The van der Waals surface area contributed by atoms with Gasteiger partial charge in [-0.15, -0.1) is 0 Å². The first-order chi connectivity index (χ1) is 8.74. The number of fused-ring (bicyclic) bond motifs is 1. The van der Waals surface area contributed by atoms with E-state index in [1.807, 2.05) is 60.3 Å². The number of hydrogen-bond acceptors (Lipinski definition) is 2. The van der Waals surface area contributed by atoms with Crippen molar-refractivity contribution in [3.05, 3.63) is 53.9 Å². The van der Waals surface area contributed by atoms with Gasteiger partial charge in [-0.05, 0) is 18.4 Å². The Labute approximate surface area is 106 Å². The fourth-order valence-corrected chi connectivity index (χ4v) is 1.85. The maximum absolute atomic E-state index is 8.81. The van der Waals surface area contributed by atoms with Crippen molar-refractivity contribution in [2.75, 3.05) is 0 Å². The molecule has 0 fully saturated rings. The maximum atomic E-state index is 8.81. The molecular weight excluding hydrogens is 222 g/mol. The Balaban J connectivity index is 2.37. The van der Waals surface area contributed by atoms with Crippen LogP contribution in [0.3, 0.4) is 0 Å². The summed E-state index contributed by atoms with van der Waals surface area (Å²) in [5.41, 5.74) is 0.968. The zero-order valence-corrected chi connectivity index (χ0v) is 10.1. The van der Waals surface area contributed by atoms with Crippen LogP contribution in [0.25, 0.3) is 10.8 Å². The zero-order valence-electron chi connectivity index (χ0n) is 10.1. The Bertz CT molecular complexity index is 683. The lowest BCUT2D eigenvalue weighted by atomic mass is 10.1. The number of nitrogens with zero attached hydrogens (tertiary/aromatic N) is 3. The standard InChI is InChI=1S/C15H12N3/c1-12(15(8-16)9-17)10-18-7-6-13-4-2-3-5-14(13)11-18/h2-7,11H,10H2,1H3/q+1. The van der Waals surface area contributed by atoms with E-state index in [9.17, 15) is 0 Å². The number of pyridine rings is 1. The molecule has 0 aliphatic heterocycles.